The van der Waals surface area contributed by atoms with Crippen molar-refractivity contribution in [2.45, 2.75) is 6.04 Å². The quantitative estimate of drug-likeness (QED) is 0.641. The van der Waals surface area contributed by atoms with E-state index in [0.717, 1.165) is 0 Å². The van der Waals surface area contributed by atoms with Gasteiger partial charge in [0.15, 0.2) is 6.61 Å². The van der Waals surface area contributed by atoms with Crippen molar-refractivity contribution in [3.05, 3.63) is 82.4 Å². The molecule has 140 valence electrons. The van der Waals surface area contributed by atoms with Gasteiger partial charge in [0, 0.05) is 19.4 Å². The molecule has 0 aliphatic rings. The molecule has 0 saturated heterocycles. The van der Waals surface area contributed by atoms with Gasteiger partial charge in [0.2, 0.25) is 0 Å². The number of aromatic nitrogens is 2. The largest absolute Gasteiger partial charge is 0.483 e. The molecule has 0 bridgehead atoms. The Hall–Kier alpha value is -2.74. The second kappa shape index (κ2) is 8.30. The molecular weight excluding hydrogens is 420 g/mol. The number of ether oxygens (including phenoxy) is 1. The van der Waals surface area contributed by atoms with Gasteiger partial charge in [-0.1, -0.05) is 12.1 Å². The Morgan fingerprint density at radius 2 is 1.93 bits per heavy atom. The topological polar surface area (TPSA) is 56.2 Å². The summed E-state index contributed by atoms with van der Waals surface area (Å²) in [6, 6.07) is 9.18. The lowest BCUT2D eigenvalue weighted by molar-refractivity contribution is -0.123. The summed E-state index contributed by atoms with van der Waals surface area (Å²) in [7, 11) is 1.80. The van der Waals surface area contributed by atoms with E-state index in [1.54, 1.807) is 36.1 Å². The first-order chi connectivity index (χ1) is 12.9. The van der Waals surface area contributed by atoms with Crippen molar-refractivity contribution in [2.24, 2.45) is 7.05 Å². The number of hydrogen-bond donors (Lipinski definition) is 1. The molecule has 0 aliphatic heterocycles. The minimum atomic E-state index is -0.571. The van der Waals surface area contributed by atoms with E-state index in [1.807, 2.05) is 0 Å². The lowest BCUT2D eigenvalue weighted by Gasteiger charge is -2.19. The molecule has 3 aromatic rings. The molecule has 0 fully saturated rings. The Morgan fingerprint density at radius 3 is 2.56 bits per heavy atom. The first kappa shape index (κ1) is 19.0. The van der Waals surface area contributed by atoms with Crippen LogP contribution in [0.4, 0.5) is 8.78 Å². The molecule has 3 rings (SSSR count). The van der Waals surface area contributed by atoms with Crippen LogP contribution >= 0.6 is 15.9 Å². The smallest absolute Gasteiger partial charge is 0.258 e. The molecule has 1 aromatic heterocycles. The molecular formula is C19H16BrF2N3O2. The van der Waals surface area contributed by atoms with Gasteiger partial charge in [0.1, 0.15) is 29.3 Å². The van der Waals surface area contributed by atoms with Crippen LogP contribution in [-0.4, -0.2) is 22.1 Å². The average Bonchev–Trinajstić information content (AvgIpc) is 3.05. The third-order valence-electron chi connectivity index (χ3n) is 3.88. The summed E-state index contributed by atoms with van der Waals surface area (Å²) in [5, 5.41) is 2.84. The summed E-state index contributed by atoms with van der Waals surface area (Å²) < 4.78 is 34.0. The number of hydrogen-bond acceptors (Lipinski definition) is 3. The Labute approximate surface area is 163 Å². The van der Waals surface area contributed by atoms with E-state index >= 15 is 0 Å². The maximum absolute atomic E-state index is 13.2. The highest BCUT2D eigenvalue weighted by molar-refractivity contribution is 9.10. The van der Waals surface area contributed by atoms with Crippen molar-refractivity contribution in [2.75, 3.05) is 6.61 Å². The highest BCUT2D eigenvalue weighted by Gasteiger charge is 2.21. The number of carbonyl (C=O) groups is 1. The SMILES string of the molecule is Cn1ccnc1C(NC(=O)COc1ccc(F)cc1Br)c1ccc(F)cc1. The van der Waals surface area contributed by atoms with Crippen LogP contribution in [0, 0.1) is 11.6 Å². The number of halogens is 3. The molecule has 0 aliphatic carbocycles. The molecule has 1 heterocycles. The van der Waals surface area contributed by atoms with Crippen molar-refractivity contribution >= 4 is 21.8 Å². The maximum atomic E-state index is 13.2. The summed E-state index contributed by atoms with van der Waals surface area (Å²) in [5.41, 5.74) is 0.682. The Kier molecular flexibility index (Phi) is 5.85. The first-order valence-electron chi connectivity index (χ1n) is 8.04. The summed E-state index contributed by atoms with van der Waals surface area (Å²) >= 11 is 3.19. The molecule has 0 saturated carbocycles. The number of aryl methyl sites for hydroxylation is 1. The summed E-state index contributed by atoms with van der Waals surface area (Å²) in [6.45, 7) is -0.271. The molecule has 27 heavy (non-hydrogen) atoms. The highest BCUT2D eigenvalue weighted by Crippen LogP contribution is 2.25. The van der Waals surface area contributed by atoms with E-state index in [1.165, 1.54) is 30.3 Å². The predicted molar refractivity (Wildman–Crippen MR) is 99.2 cm³/mol. The number of benzene rings is 2. The third kappa shape index (κ3) is 4.71. The number of amides is 1. The van der Waals surface area contributed by atoms with Crippen LogP contribution < -0.4 is 10.1 Å². The molecule has 8 heteroatoms. The van der Waals surface area contributed by atoms with Gasteiger partial charge in [-0.15, -0.1) is 0 Å². The molecule has 1 amide bonds. The molecule has 0 spiro atoms. The van der Waals surface area contributed by atoms with E-state index in [0.29, 0.717) is 21.6 Å². The summed E-state index contributed by atoms with van der Waals surface area (Å²) in [5.74, 6) is -0.235. The number of carbonyl (C=O) groups excluding carboxylic acids is 1. The Morgan fingerprint density at radius 1 is 1.22 bits per heavy atom. The molecule has 1 atom stereocenters. The van der Waals surface area contributed by atoms with Crippen LogP contribution in [0.5, 0.6) is 5.75 Å². The van der Waals surface area contributed by atoms with Gasteiger partial charge in [-0.25, -0.2) is 13.8 Å². The molecule has 1 unspecified atom stereocenters. The standard InChI is InChI=1S/C19H16BrF2N3O2/c1-25-9-8-23-19(25)18(12-2-4-13(21)5-3-12)24-17(26)11-27-16-7-6-14(22)10-15(16)20/h2-10,18H,11H2,1H3,(H,24,26). The van der Waals surface area contributed by atoms with Gasteiger partial charge >= 0.3 is 0 Å². The van der Waals surface area contributed by atoms with Crippen molar-refractivity contribution in [3.63, 3.8) is 0 Å². The molecule has 2 aromatic carbocycles. The zero-order valence-corrected chi connectivity index (χ0v) is 15.9. The van der Waals surface area contributed by atoms with E-state index in [-0.39, 0.29) is 12.4 Å². The lowest BCUT2D eigenvalue weighted by Crippen LogP contribution is -2.34. The zero-order chi connectivity index (χ0) is 19.4. The second-order valence-corrected chi connectivity index (χ2v) is 6.67. The van der Waals surface area contributed by atoms with Gasteiger partial charge in [-0.2, -0.15) is 0 Å². The molecule has 0 radical (unpaired) electrons. The summed E-state index contributed by atoms with van der Waals surface area (Å²) in [6.07, 6.45) is 3.37. The number of rotatable bonds is 6. The van der Waals surface area contributed by atoms with Gasteiger partial charge in [0.05, 0.1) is 4.47 Å². The second-order valence-electron chi connectivity index (χ2n) is 5.81. The number of nitrogens with zero attached hydrogens (tertiary/aromatic N) is 2. The van der Waals surface area contributed by atoms with Crippen LogP contribution in [0.25, 0.3) is 0 Å². The van der Waals surface area contributed by atoms with Gasteiger partial charge in [0.25, 0.3) is 5.91 Å². The van der Waals surface area contributed by atoms with Crippen LogP contribution in [-0.2, 0) is 11.8 Å². The van der Waals surface area contributed by atoms with Gasteiger partial charge in [-0.05, 0) is 51.8 Å². The first-order valence-corrected chi connectivity index (χ1v) is 8.83. The van der Waals surface area contributed by atoms with Gasteiger partial charge < -0.3 is 14.6 Å². The molecule has 1 N–H and O–H groups in total. The third-order valence-corrected chi connectivity index (χ3v) is 4.50. The van der Waals surface area contributed by atoms with E-state index in [2.05, 4.69) is 26.2 Å². The van der Waals surface area contributed by atoms with Gasteiger partial charge in [-0.3, -0.25) is 4.79 Å². The van der Waals surface area contributed by atoms with Crippen molar-refractivity contribution in [3.8, 4) is 5.75 Å². The fourth-order valence-electron chi connectivity index (χ4n) is 2.55. The minimum absolute atomic E-state index is 0.271. The van der Waals surface area contributed by atoms with Crippen molar-refractivity contribution < 1.29 is 18.3 Å². The van der Waals surface area contributed by atoms with Crippen LogP contribution in [0.3, 0.4) is 0 Å². The van der Waals surface area contributed by atoms with Crippen molar-refractivity contribution in [1.82, 2.24) is 14.9 Å². The molecule has 5 nitrogen and oxygen atoms in total. The maximum Gasteiger partial charge on any atom is 0.258 e. The fraction of sp³-hybridized carbons (Fsp3) is 0.158. The van der Waals surface area contributed by atoms with Crippen LogP contribution in [0.2, 0.25) is 0 Å². The van der Waals surface area contributed by atoms with Crippen molar-refractivity contribution in [1.29, 1.82) is 0 Å². The fourth-order valence-corrected chi connectivity index (χ4v) is 3.01. The highest BCUT2D eigenvalue weighted by atomic mass is 79.9. The van der Waals surface area contributed by atoms with E-state index in [9.17, 15) is 13.6 Å². The number of imidazole rings is 1. The average molecular weight is 436 g/mol. The predicted octanol–water partition coefficient (Wildman–Crippen LogP) is 3.75. The number of nitrogens with one attached hydrogen (secondary N) is 1. The van der Waals surface area contributed by atoms with E-state index < -0.39 is 17.8 Å². The Balaban J connectivity index is 1.74. The normalized spacial score (nSPS) is 11.9. The zero-order valence-electron chi connectivity index (χ0n) is 14.3. The van der Waals surface area contributed by atoms with E-state index in [4.69, 9.17) is 4.74 Å². The monoisotopic (exact) mass is 435 g/mol. The van der Waals surface area contributed by atoms with Crippen LogP contribution in [0.1, 0.15) is 17.4 Å². The van der Waals surface area contributed by atoms with Crippen LogP contribution in [0.15, 0.2) is 59.3 Å². The minimum Gasteiger partial charge on any atom is -0.483 e. The Bertz CT molecular complexity index is 944. The lowest BCUT2D eigenvalue weighted by atomic mass is 10.1. The summed E-state index contributed by atoms with van der Waals surface area (Å²) in [4.78, 5) is 16.7.